The van der Waals surface area contributed by atoms with Gasteiger partial charge in [0.2, 0.25) is 0 Å². The maximum Gasteiger partial charge on any atom is 0.199 e. The summed E-state index contributed by atoms with van der Waals surface area (Å²) >= 11 is 0. The Bertz CT molecular complexity index is 835. The number of ether oxygens (including phenoxy) is 6. The van der Waals surface area contributed by atoms with E-state index in [0.717, 1.165) is 0 Å². The number of hydrogen-bond acceptors (Lipinski definition) is 8. The minimum absolute atomic E-state index is 0.0237. The molecule has 0 saturated carbocycles. The first kappa shape index (κ1) is 19.9. The van der Waals surface area contributed by atoms with E-state index in [2.05, 4.69) is 0 Å². The van der Waals surface area contributed by atoms with Crippen LogP contribution in [0.25, 0.3) is 0 Å². The van der Waals surface area contributed by atoms with Gasteiger partial charge in [0.15, 0.2) is 43.1 Å². The van der Waals surface area contributed by atoms with Crippen LogP contribution in [-0.2, 0) is 9.47 Å². The Kier molecular flexibility index (Phi) is 6.35. The van der Waals surface area contributed by atoms with Crippen LogP contribution in [-0.4, -0.2) is 51.9 Å². The smallest absolute Gasteiger partial charge is 0.199 e. The average molecular weight is 390 g/mol. The molecule has 0 spiro atoms. The average Bonchev–Trinajstić information content (AvgIpc) is 2.72. The molecule has 0 unspecified atom stereocenters. The van der Waals surface area contributed by atoms with Crippen LogP contribution in [0.5, 0.6) is 23.0 Å². The normalized spacial score (nSPS) is 18.2. The molecule has 1 heterocycles. The van der Waals surface area contributed by atoms with Gasteiger partial charge in [-0.15, -0.1) is 0 Å². The predicted octanol–water partition coefficient (Wildman–Crippen LogP) is 2.34. The number of carbonyl (C=O) groups is 1. The van der Waals surface area contributed by atoms with Crippen molar-refractivity contribution in [2.75, 3.05) is 34.9 Å². The summed E-state index contributed by atoms with van der Waals surface area (Å²) in [4.78, 5) is 12.6. The van der Waals surface area contributed by atoms with E-state index in [0.29, 0.717) is 28.6 Å². The number of hydrogen-bond donors (Lipinski definition) is 1. The van der Waals surface area contributed by atoms with Crippen molar-refractivity contribution in [3.8, 4) is 23.0 Å². The van der Waals surface area contributed by atoms with Crippen LogP contribution in [0.3, 0.4) is 0 Å². The lowest BCUT2D eigenvalue weighted by atomic mass is 9.93. The van der Waals surface area contributed by atoms with Crippen molar-refractivity contribution >= 4 is 5.78 Å². The Morgan fingerprint density at radius 2 is 1.71 bits per heavy atom. The van der Waals surface area contributed by atoms with Crippen molar-refractivity contribution in [1.82, 2.24) is 0 Å². The van der Waals surface area contributed by atoms with Crippen LogP contribution in [0.2, 0.25) is 0 Å². The molecule has 1 aliphatic heterocycles. The monoisotopic (exact) mass is 390 g/mol. The largest absolute Gasteiger partial charge is 0.493 e. The van der Waals surface area contributed by atoms with Crippen molar-refractivity contribution in [1.29, 1.82) is 0 Å². The fraction of sp³-hybridized carbons (Fsp3) is 0.350. The van der Waals surface area contributed by atoms with E-state index in [1.54, 1.807) is 36.4 Å². The van der Waals surface area contributed by atoms with E-state index in [1.165, 1.54) is 21.3 Å². The number of methoxy groups -OCH3 is 3. The van der Waals surface area contributed by atoms with Crippen LogP contribution in [0.4, 0.5) is 0 Å². The fourth-order valence-electron chi connectivity index (χ4n) is 2.87. The number of Topliss-reactive ketones (excluding diaryl/α,β-unsaturated/α-hetero) is 1. The Hall–Kier alpha value is -2.81. The molecule has 0 amide bonds. The first-order valence-electron chi connectivity index (χ1n) is 8.53. The highest BCUT2D eigenvalue weighted by atomic mass is 16.7. The maximum absolute atomic E-state index is 12.6. The SMILES string of the molecule is COCOc1ccc2c(c1)O[C@@H](c1ccc(OC)c(OCOC)c1)[C@H](O)C2=O. The molecule has 2 atom stereocenters. The van der Waals surface area contributed by atoms with E-state index in [9.17, 15) is 9.90 Å². The third kappa shape index (κ3) is 4.04. The number of aliphatic hydroxyl groups is 1. The zero-order chi connectivity index (χ0) is 20.1. The van der Waals surface area contributed by atoms with Gasteiger partial charge in [-0.25, -0.2) is 0 Å². The van der Waals surface area contributed by atoms with Crippen LogP contribution in [0.1, 0.15) is 22.0 Å². The Labute approximate surface area is 162 Å². The van der Waals surface area contributed by atoms with E-state index in [4.69, 9.17) is 28.4 Å². The molecule has 1 N–H and O–H groups in total. The van der Waals surface area contributed by atoms with Gasteiger partial charge in [-0.1, -0.05) is 6.07 Å². The van der Waals surface area contributed by atoms with Crippen LogP contribution >= 0.6 is 0 Å². The van der Waals surface area contributed by atoms with Gasteiger partial charge >= 0.3 is 0 Å². The first-order valence-corrected chi connectivity index (χ1v) is 8.53. The van der Waals surface area contributed by atoms with Crippen molar-refractivity contribution in [3.63, 3.8) is 0 Å². The van der Waals surface area contributed by atoms with E-state index >= 15 is 0 Å². The number of rotatable bonds is 8. The van der Waals surface area contributed by atoms with Gasteiger partial charge in [0, 0.05) is 20.3 Å². The molecule has 2 aromatic carbocycles. The molecular weight excluding hydrogens is 368 g/mol. The summed E-state index contributed by atoms with van der Waals surface area (Å²) in [7, 11) is 4.53. The van der Waals surface area contributed by atoms with Crippen LogP contribution < -0.4 is 18.9 Å². The molecule has 3 rings (SSSR count). The summed E-state index contributed by atoms with van der Waals surface area (Å²) in [5.74, 6) is 1.28. The number of ketones is 1. The van der Waals surface area contributed by atoms with E-state index in [1.807, 2.05) is 0 Å². The lowest BCUT2D eigenvalue weighted by Crippen LogP contribution is -2.36. The molecule has 28 heavy (non-hydrogen) atoms. The second-order valence-corrected chi connectivity index (χ2v) is 6.02. The van der Waals surface area contributed by atoms with Crippen molar-refractivity contribution in [2.24, 2.45) is 0 Å². The molecule has 150 valence electrons. The van der Waals surface area contributed by atoms with Gasteiger partial charge in [0.05, 0.1) is 12.7 Å². The molecule has 0 radical (unpaired) electrons. The molecule has 0 aliphatic carbocycles. The first-order chi connectivity index (χ1) is 13.6. The minimum atomic E-state index is -1.36. The van der Waals surface area contributed by atoms with Crippen molar-refractivity contribution in [2.45, 2.75) is 12.2 Å². The quantitative estimate of drug-likeness (QED) is 0.687. The lowest BCUT2D eigenvalue weighted by molar-refractivity contribution is 0.0204. The van der Waals surface area contributed by atoms with Gasteiger partial charge in [0.1, 0.15) is 11.5 Å². The highest BCUT2D eigenvalue weighted by Gasteiger charge is 2.37. The van der Waals surface area contributed by atoms with Gasteiger partial charge in [-0.05, 0) is 29.8 Å². The minimum Gasteiger partial charge on any atom is -0.493 e. The second kappa shape index (κ2) is 8.92. The summed E-state index contributed by atoms with van der Waals surface area (Å²) in [6.45, 7) is 0.0906. The maximum atomic E-state index is 12.6. The zero-order valence-electron chi connectivity index (χ0n) is 15.8. The van der Waals surface area contributed by atoms with E-state index < -0.39 is 18.0 Å². The summed E-state index contributed by atoms with van der Waals surface area (Å²) in [6.07, 6.45) is -2.27. The van der Waals surface area contributed by atoms with Crippen molar-refractivity contribution < 1.29 is 38.3 Å². The third-order valence-electron chi connectivity index (χ3n) is 4.22. The summed E-state index contributed by atoms with van der Waals surface area (Å²) in [5.41, 5.74) is 0.847. The Balaban J connectivity index is 1.92. The van der Waals surface area contributed by atoms with Gasteiger partial charge in [-0.2, -0.15) is 0 Å². The molecule has 1 aliphatic rings. The molecule has 8 heteroatoms. The highest BCUT2D eigenvalue weighted by Crippen LogP contribution is 2.39. The molecule has 2 aromatic rings. The number of aliphatic hydroxyl groups excluding tert-OH is 1. The fourth-order valence-corrected chi connectivity index (χ4v) is 2.87. The molecule has 0 bridgehead atoms. The second-order valence-electron chi connectivity index (χ2n) is 6.02. The molecular formula is C20H22O8. The van der Waals surface area contributed by atoms with Crippen LogP contribution in [0, 0.1) is 0 Å². The third-order valence-corrected chi connectivity index (χ3v) is 4.22. The number of benzene rings is 2. The topological polar surface area (TPSA) is 92.7 Å². The van der Waals surface area contributed by atoms with Gasteiger partial charge in [0.25, 0.3) is 0 Å². The van der Waals surface area contributed by atoms with Gasteiger partial charge in [-0.3, -0.25) is 4.79 Å². The van der Waals surface area contributed by atoms with E-state index in [-0.39, 0.29) is 19.1 Å². The summed E-state index contributed by atoms with van der Waals surface area (Å²) < 4.78 is 31.9. The number of fused-ring (bicyclic) bond motifs is 1. The predicted molar refractivity (Wildman–Crippen MR) is 98.2 cm³/mol. The van der Waals surface area contributed by atoms with Crippen LogP contribution in [0.15, 0.2) is 36.4 Å². The molecule has 0 saturated heterocycles. The molecule has 8 nitrogen and oxygen atoms in total. The van der Waals surface area contributed by atoms with Gasteiger partial charge < -0.3 is 33.5 Å². The highest BCUT2D eigenvalue weighted by molar-refractivity contribution is 6.03. The summed E-state index contributed by atoms with van der Waals surface area (Å²) in [6, 6.07) is 9.80. The number of carbonyl (C=O) groups excluding carboxylic acids is 1. The molecule has 0 aromatic heterocycles. The summed E-state index contributed by atoms with van der Waals surface area (Å²) in [5, 5.41) is 10.5. The lowest BCUT2D eigenvalue weighted by Gasteiger charge is -2.30. The van der Waals surface area contributed by atoms with Crippen molar-refractivity contribution in [3.05, 3.63) is 47.5 Å². The zero-order valence-corrected chi connectivity index (χ0v) is 15.8. The Morgan fingerprint density at radius 1 is 0.964 bits per heavy atom. The molecule has 0 fully saturated rings. The Morgan fingerprint density at radius 3 is 2.43 bits per heavy atom. The standard InChI is InChI=1S/C20H22O8/c1-23-10-26-13-5-6-14-16(9-13)28-20(19(22)18(14)21)12-4-7-15(25-3)17(8-12)27-11-24-2/h4-9,19-20,22H,10-11H2,1-3H3/t19-,20+/m1/s1.